The van der Waals surface area contributed by atoms with Crippen LogP contribution in [0.2, 0.25) is 0 Å². The zero-order valence-electron chi connectivity index (χ0n) is 9.14. The number of rotatable bonds is 2. The van der Waals surface area contributed by atoms with Gasteiger partial charge < -0.3 is 9.67 Å². The van der Waals surface area contributed by atoms with Crippen molar-refractivity contribution >= 4 is 5.97 Å². The summed E-state index contributed by atoms with van der Waals surface area (Å²) in [7, 11) is 0. The van der Waals surface area contributed by atoms with Crippen LogP contribution in [-0.4, -0.2) is 20.6 Å². The SMILES string of the molecule is Cc1cccc(C(=O)O)c1-n1ccnc1C. The van der Waals surface area contributed by atoms with Crippen LogP contribution < -0.4 is 0 Å². The number of carboxylic acids is 1. The molecule has 4 nitrogen and oxygen atoms in total. The predicted octanol–water partition coefficient (Wildman–Crippen LogP) is 2.19. The molecule has 0 bridgehead atoms. The van der Waals surface area contributed by atoms with Gasteiger partial charge >= 0.3 is 5.97 Å². The number of aryl methyl sites for hydroxylation is 2. The highest BCUT2D eigenvalue weighted by molar-refractivity contribution is 5.92. The molecule has 1 N–H and O–H groups in total. The molecule has 0 saturated heterocycles. The number of hydrogen-bond acceptors (Lipinski definition) is 2. The van der Waals surface area contributed by atoms with E-state index < -0.39 is 5.97 Å². The molecular weight excluding hydrogens is 204 g/mol. The van der Waals surface area contributed by atoms with Gasteiger partial charge in [-0.2, -0.15) is 0 Å². The van der Waals surface area contributed by atoms with E-state index in [4.69, 9.17) is 5.11 Å². The van der Waals surface area contributed by atoms with Crippen molar-refractivity contribution in [2.45, 2.75) is 13.8 Å². The van der Waals surface area contributed by atoms with Crippen LogP contribution >= 0.6 is 0 Å². The third-order valence-corrected chi connectivity index (χ3v) is 2.53. The minimum atomic E-state index is -0.924. The molecule has 2 rings (SSSR count). The van der Waals surface area contributed by atoms with Crippen molar-refractivity contribution in [3.63, 3.8) is 0 Å². The van der Waals surface area contributed by atoms with Crippen molar-refractivity contribution in [1.82, 2.24) is 9.55 Å². The predicted molar refractivity (Wildman–Crippen MR) is 60.0 cm³/mol. The first-order chi connectivity index (χ1) is 7.61. The lowest BCUT2D eigenvalue weighted by Crippen LogP contribution is -2.07. The van der Waals surface area contributed by atoms with E-state index in [2.05, 4.69) is 4.98 Å². The molecule has 1 aromatic heterocycles. The summed E-state index contributed by atoms with van der Waals surface area (Å²) in [6.45, 7) is 3.74. The minimum absolute atomic E-state index is 0.293. The van der Waals surface area contributed by atoms with E-state index in [-0.39, 0.29) is 0 Å². The van der Waals surface area contributed by atoms with Gasteiger partial charge in [0.15, 0.2) is 0 Å². The van der Waals surface area contributed by atoms with Crippen molar-refractivity contribution in [2.75, 3.05) is 0 Å². The number of imidazole rings is 1. The maximum Gasteiger partial charge on any atom is 0.337 e. The van der Waals surface area contributed by atoms with Crippen LogP contribution in [-0.2, 0) is 0 Å². The van der Waals surface area contributed by atoms with Gasteiger partial charge in [0.2, 0.25) is 0 Å². The van der Waals surface area contributed by atoms with Gasteiger partial charge in [-0.3, -0.25) is 0 Å². The smallest absolute Gasteiger partial charge is 0.337 e. The first-order valence-corrected chi connectivity index (χ1v) is 4.94. The van der Waals surface area contributed by atoms with Gasteiger partial charge in [0.25, 0.3) is 0 Å². The number of para-hydroxylation sites is 1. The van der Waals surface area contributed by atoms with E-state index in [0.717, 1.165) is 11.4 Å². The molecule has 0 unspecified atom stereocenters. The summed E-state index contributed by atoms with van der Waals surface area (Å²) in [6, 6.07) is 5.24. The molecule has 1 heterocycles. The molecule has 0 saturated carbocycles. The Balaban J connectivity index is 2.73. The quantitative estimate of drug-likeness (QED) is 0.837. The second-order valence-electron chi connectivity index (χ2n) is 3.62. The normalized spacial score (nSPS) is 10.4. The first-order valence-electron chi connectivity index (χ1n) is 4.94. The van der Waals surface area contributed by atoms with E-state index >= 15 is 0 Å². The Hall–Kier alpha value is -2.10. The fourth-order valence-corrected chi connectivity index (χ4v) is 1.77. The Morgan fingerprint density at radius 3 is 2.69 bits per heavy atom. The summed E-state index contributed by atoms with van der Waals surface area (Å²) in [5.74, 6) is -0.149. The molecule has 0 atom stereocenters. The number of hydrogen-bond donors (Lipinski definition) is 1. The van der Waals surface area contributed by atoms with Gasteiger partial charge in [-0.05, 0) is 25.5 Å². The second-order valence-corrected chi connectivity index (χ2v) is 3.62. The highest BCUT2D eigenvalue weighted by atomic mass is 16.4. The van der Waals surface area contributed by atoms with Crippen LogP contribution in [0.3, 0.4) is 0 Å². The molecule has 4 heteroatoms. The van der Waals surface area contributed by atoms with Gasteiger partial charge in [0.1, 0.15) is 5.82 Å². The molecule has 0 radical (unpaired) electrons. The van der Waals surface area contributed by atoms with E-state index in [1.54, 1.807) is 29.1 Å². The Kier molecular flexibility index (Phi) is 2.48. The maximum absolute atomic E-state index is 11.1. The zero-order valence-corrected chi connectivity index (χ0v) is 9.14. The lowest BCUT2D eigenvalue weighted by Gasteiger charge is -2.11. The molecule has 1 aromatic carbocycles. The Labute approximate surface area is 93.2 Å². The molecule has 82 valence electrons. The summed E-state index contributed by atoms with van der Waals surface area (Å²) < 4.78 is 1.79. The molecule has 0 amide bonds. The highest BCUT2D eigenvalue weighted by Gasteiger charge is 2.14. The van der Waals surface area contributed by atoms with Gasteiger partial charge in [-0.1, -0.05) is 12.1 Å². The van der Waals surface area contributed by atoms with Gasteiger partial charge in [0, 0.05) is 12.4 Å². The molecule has 2 aromatic rings. The molecule has 16 heavy (non-hydrogen) atoms. The summed E-state index contributed by atoms with van der Waals surface area (Å²) in [6.07, 6.45) is 3.43. The number of aromatic carboxylic acids is 1. The van der Waals surface area contributed by atoms with Crippen molar-refractivity contribution in [1.29, 1.82) is 0 Å². The largest absolute Gasteiger partial charge is 0.478 e. The van der Waals surface area contributed by atoms with Crippen molar-refractivity contribution < 1.29 is 9.90 Å². The average molecular weight is 216 g/mol. The third kappa shape index (κ3) is 1.58. The Bertz CT molecular complexity index is 544. The minimum Gasteiger partial charge on any atom is -0.478 e. The average Bonchev–Trinajstić information content (AvgIpc) is 2.64. The van der Waals surface area contributed by atoms with Crippen molar-refractivity contribution in [3.8, 4) is 5.69 Å². The van der Waals surface area contributed by atoms with Crippen LogP contribution in [0.4, 0.5) is 0 Å². The summed E-state index contributed by atoms with van der Waals surface area (Å²) in [5.41, 5.74) is 1.90. The van der Waals surface area contributed by atoms with Crippen LogP contribution in [0, 0.1) is 13.8 Å². The van der Waals surface area contributed by atoms with Crippen LogP contribution in [0.5, 0.6) is 0 Å². The summed E-state index contributed by atoms with van der Waals surface area (Å²) in [4.78, 5) is 15.3. The van der Waals surface area contributed by atoms with Crippen LogP contribution in [0.25, 0.3) is 5.69 Å². The number of carbonyl (C=O) groups is 1. The van der Waals surface area contributed by atoms with Crippen LogP contribution in [0.1, 0.15) is 21.7 Å². The van der Waals surface area contributed by atoms with Gasteiger partial charge in [-0.25, -0.2) is 9.78 Å². The fraction of sp³-hybridized carbons (Fsp3) is 0.167. The topological polar surface area (TPSA) is 55.1 Å². The van der Waals surface area contributed by atoms with E-state index in [1.165, 1.54) is 0 Å². The number of nitrogens with zero attached hydrogens (tertiary/aromatic N) is 2. The molecule has 0 aliphatic heterocycles. The van der Waals surface area contributed by atoms with Gasteiger partial charge in [0.05, 0.1) is 11.3 Å². The molecule has 0 fully saturated rings. The second kappa shape index (κ2) is 3.81. The number of benzene rings is 1. The lowest BCUT2D eigenvalue weighted by molar-refractivity contribution is 0.0697. The maximum atomic E-state index is 11.1. The number of aromatic nitrogens is 2. The van der Waals surface area contributed by atoms with Crippen molar-refractivity contribution in [3.05, 3.63) is 47.5 Å². The molecule has 0 spiro atoms. The zero-order chi connectivity index (χ0) is 11.7. The fourth-order valence-electron chi connectivity index (χ4n) is 1.77. The first kappa shape index (κ1) is 10.4. The Morgan fingerprint density at radius 2 is 2.12 bits per heavy atom. The standard InChI is InChI=1S/C12H12N2O2/c1-8-4-3-5-10(12(15)16)11(8)14-7-6-13-9(14)2/h3-7H,1-2H3,(H,15,16). The summed E-state index contributed by atoms with van der Waals surface area (Å²) >= 11 is 0. The Morgan fingerprint density at radius 1 is 1.38 bits per heavy atom. The van der Waals surface area contributed by atoms with Crippen molar-refractivity contribution in [2.24, 2.45) is 0 Å². The monoisotopic (exact) mass is 216 g/mol. The van der Waals surface area contributed by atoms with E-state index in [0.29, 0.717) is 11.3 Å². The van der Waals surface area contributed by atoms with E-state index in [9.17, 15) is 4.79 Å². The van der Waals surface area contributed by atoms with Crippen LogP contribution in [0.15, 0.2) is 30.6 Å². The molecule has 0 aliphatic carbocycles. The van der Waals surface area contributed by atoms with E-state index in [1.807, 2.05) is 19.9 Å². The van der Waals surface area contributed by atoms with Gasteiger partial charge in [-0.15, -0.1) is 0 Å². The lowest BCUT2D eigenvalue weighted by atomic mass is 10.1. The third-order valence-electron chi connectivity index (χ3n) is 2.53. The summed E-state index contributed by atoms with van der Waals surface area (Å²) in [5, 5.41) is 9.15. The molecule has 0 aliphatic rings. The molecular formula is C12H12N2O2. The number of carboxylic acid groups (broad SMARTS) is 1. The highest BCUT2D eigenvalue weighted by Crippen LogP contribution is 2.20.